The highest BCUT2D eigenvalue weighted by molar-refractivity contribution is 6.14. The van der Waals surface area contributed by atoms with E-state index >= 15 is 0 Å². The predicted molar refractivity (Wildman–Crippen MR) is 204 cm³/mol. The standard InChI is InChI=1S/C45H48N2O2/c1-4-5-6-7-8-9-10-11-12-19-28-49-41-30-39(46-44(47-41)35-24-17-18-25-40(35)48)36-29-38-43(34-23-16-15-22-33(34)36)42-32-21-14-13-20-31(32)26-27-37(42)45(38,2)3/h13-18,20-27,29-30,48H,4-12,19,28H2,1-3H3. The Kier molecular flexibility index (Phi) is 9.66. The second kappa shape index (κ2) is 14.4. The lowest BCUT2D eigenvalue weighted by Crippen LogP contribution is -2.15. The third kappa shape index (κ3) is 6.54. The van der Waals surface area contributed by atoms with Gasteiger partial charge < -0.3 is 9.84 Å². The lowest BCUT2D eigenvalue weighted by atomic mass is 9.80. The molecule has 250 valence electrons. The first kappa shape index (κ1) is 32.8. The van der Waals surface area contributed by atoms with Gasteiger partial charge in [0, 0.05) is 17.0 Å². The molecule has 0 amide bonds. The summed E-state index contributed by atoms with van der Waals surface area (Å²) in [6.45, 7) is 7.54. The number of aromatic hydroxyl groups is 1. The summed E-state index contributed by atoms with van der Waals surface area (Å²) in [5, 5.41) is 15.7. The van der Waals surface area contributed by atoms with Crippen LogP contribution in [0.5, 0.6) is 11.6 Å². The second-order valence-electron chi connectivity index (χ2n) is 14.2. The van der Waals surface area contributed by atoms with E-state index in [2.05, 4.69) is 87.5 Å². The Morgan fingerprint density at radius 1 is 0.592 bits per heavy atom. The zero-order valence-corrected chi connectivity index (χ0v) is 29.3. The van der Waals surface area contributed by atoms with E-state index in [1.54, 1.807) is 6.07 Å². The van der Waals surface area contributed by atoms with Crippen LogP contribution in [-0.4, -0.2) is 21.7 Å². The molecule has 1 aromatic heterocycles. The largest absolute Gasteiger partial charge is 0.507 e. The summed E-state index contributed by atoms with van der Waals surface area (Å²) in [6, 6.07) is 33.6. The van der Waals surface area contributed by atoms with E-state index < -0.39 is 0 Å². The van der Waals surface area contributed by atoms with E-state index in [4.69, 9.17) is 14.7 Å². The van der Waals surface area contributed by atoms with Gasteiger partial charge in [-0.25, -0.2) is 4.98 Å². The molecule has 1 heterocycles. The molecular weight excluding hydrogens is 601 g/mol. The molecule has 49 heavy (non-hydrogen) atoms. The number of unbranched alkanes of at least 4 members (excludes halogenated alkanes) is 9. The fourth-order valence-electron chi connectivity index (χ4n) is 7.74. The fourth-order valence-corrected chi connectivity index (χ4v) is 7.74. The van der Waals surface area contributed by atoms with Crippen molar-refractivity contribution in [3.63, 3.8) is 0 Å². The smallest absolute Gasteiger partial charge is 0.217 e. The Labute approximate surface area is 291 Å². The van der Waals surface area contributed by atoms with Crippen LogP contribution in [0.3, 0.4) is 0 Å². The van der Waals surface area contributed by atoms with Crippen molar-refractivity contribution in [2.45, 2.75) is 90.4 Å². The van der Waals surface area contributed by atoms with Crippen molar-refractivity contribution in [1.29, 1.82) is 0 Å². The number of benzene rings is 5. The molecule has 4 heteroatoms. The first-order valence-corrected chi connectivity index (χ1v) is 18.4. The molecule has 0 radical (unpaired) electrons. The predicted octanol–water partition coefficient (Wildman–Crippen LogP) is 12.4. The lowest BCUT2D eigenvalue weighted by molar-refractivity contribution is 0.293. The van der Waals surface area contributed by atoms with Crippen LogP contribution in [0.4, 0.5) is 0 Å². The van der Waals surface area contributed by atoms with Gasteiger partial charge in [-0.3, -0.25) is 0 Å². The quantitative estimate of drug-likeness (QED) is 0.119. The molecule has 0 fully saturated rings. The molecule has 5 aromatic carbocycles. The number of nitrogens with zero attached hydrogens (tertiary/aromatic N) is 2. The molecule has 4 nitrogen and oxygen atoms in total. The Hall–Kier alpha value is -4.70. The maximum absolute atomic E-state index is 10.8. The molecule has 0 atom stereocenters. The summed E-state index contributed by atoms with van der Waals surface area (Å²) in [5.74, 6) is 1.16. The average molecular weight is 649 g/mol. The number of para-hydroxylation sites is 1. The van der Waals surface area contributed by atoms with Crippen LogP contribution in [0, 0.1) is 0 Å². The Morgan fingerprint density at radius 2 is 1.22 bits per heavy atom. The fraction of sp³-hybridized carbons (Fsp3) is 0.333. The van der Waals surface area contributed by atoms with Gasteiger partial charge in [-0.1, -0.05) is 151 Å². The first-order chi connectivity index (χ1) is 24.0. The molecule has 0 unspecified atom stereocenters. The Bertz CT molecular complexity index is 2100. The van der Waals surface area contributed by atoms with Crippen molar-refractivity contribution in [2.24, 2.45) is 0 Å². The molecule has 0 saturated carbocycles. The molecule has 0 spiro atoms. The van der Waals surface area contributed by atoms with E-state index in [1.165, 1.54) is 89.8 Å². The lowest BCUT2D eigenvalue weighted by Gasteiger charge is -2.23. The molecule has 6 aromatic rings. The third-order valence-corrected chi connectivity index (χ3v) is 10.4. The number of hydrogen-bond acceptors (Lipinski definition) is 4. The Morgan fingerprint density at radius 3 is 1.98 bits per heavy atom. The number of aromatic nitrogens is 2. The van der Waals surface area contributed by atoms with Crippen molar-refractivity contribution in [1.82, 2.24) is 9.97 Å². The van der Waals surface area contributed by atoms with Crippen molar-refractivity contribution < 1.29 is 9.84 Å². The van der Waals surface area contributed by atoms with Crippen molar-refractivity contribution >= 4 is 21.5 Å². The van der Waals surface area contributed by atoms with Crippen LogP contribution in [0.2, 0.25) is 0 Å². The van der Waals surface area contributed by atoms with Crippen molar-refractivity contribution in [3.05, 3.63) is 108 Å². The van der Waals surface area contributed by atoms with Crippen LogP contribution >= 0.6 is 0 Å². The second-order valence-corrected chi connectivity index (χ2v) is 14.2. The topological polar surface area (TPSA) is 55.2 Å². The number of phenols is 1. The third-order valence-electron chi connectivity index (χ3n) is 10.4. The van der Waals surface area contributed by atoms with Gasteiger partial charge in [0.1, 0.15) is 5.75 Å². The highest BCUT2D eigenvalue weighted by Gasteiger charge is 2.38. The van der Waals surface area contributed by atoms with Crippen LogP contribution in [-0.2, 0) is 5.41 Å². The Balaban J connectivity index is 1.23. The van der Waals surface area contributed by atoms with Gasteiger partial charge in [0.05, 0.1) is 17.9 Å². The van der Waals surface area contributed by atoms with Gasteiger partial charge >= 0.3 is 0 Å². The number of hydrogen-bond donors (Lipinski definition) is 1. The summed E-state index contributed by atoms with van der Waals surface area (Å²) in [4.78, 5) is 9.94. The summed E-state index contributed by atoms with van der Waals surface area (Å²) in [7, 11) is 0. The average Bonchev–Trinajstić information content (AvgIpc) is 3.36. The molecule has 7 rings (SSSR count). The minimum atomic E-state index is -0.199. The van der Waals surface area contributed by atoms with Gasteiger partial charge in [-0.05, 0) is 68.4 Å². The van der Waals surface area contributed by atoms with Crippen LogP contribution in [0.15, 0.2) is 97.1 Å². The molecule has 0 aliphatic heterocycles. The summed E-state index contributed by atoms with van der Waals surface area (Å²) < 4.78 is 6.35. The van der Waals surface area contributed by atoms with Gasteiger partial charge in [0.25, 0.3) is 0 Å². The highest BCUT2D eigenvalue weighted by Crippen LogP contribution is 2.55. The number of fused-ring (bicyclic) bond motifs is 7. The monoisotopic (exact) mass is 648 g/mol. The molecule has 1 aliphatic rings. The summed E-state index contributed by atoms with van der Waals surface area (Å²) >= 11 is 0. The van der Waals surface area contributed by atoms with E-state index in [9.17, 15) is 5.11 Å². The normalized spacial score (nSPS) is 13.1. The highest BCUT2D eigenvalue weighted by atomic mass is 16.5. The minimum Gasteiger partial charge on any atom is -0.507 e. The molecule has 0 bridgehead atoms. The van der Waals surface area contributed by atoms with Gasteiger partial charge in [0.2, 0.25) is 5.88 Å². The van der Waals surface area contributed by atoms with Crippen LogP contribution < -0.4 is 4.74 Å². The molecule has 0 saturated heterocycles. The van der Waals surface area contributed by atoms with Crippen molar-refractivity contribution in [2.75, 3.05) is 6.61 Å². The molecule has 1 aliphatic carbocycles. The van der Waals surface area contributed by atoms with Gasteiger partial charge in [-0.15, -0.1) is 0 Å². The van der Waals surface area contributed by atoms with E-state index in [0.717, 1.165) is 29.5 Å². The summed E-state index contributed by atoms with van der Waals surface area (Å²) in [6.07, 6.45) is 12.8. The maximum atomic E-state index is 10.8. The molecule has 1 N–H and O–H groups in total. The number of rotatable bonds is 14. The van der Waals surface area contributed by atoms with Crippen LogP contribution in [0.1, 0.15) is 96.1 Å². The zero-order chi connectivity index (χ0) is 33.8. The number of ether oxygens (including phenoxy) is 1. The molecular formula is C45H48N2O2. The van der Waals surface area contributed by atoms with E-state index in [1.807, 2.05) is 24.3 Å². The maximum Gasteiger partial charge on any atom is 0.217 e. The van der Waals surface area contributed by atoms with Crippen molar-refractivity contribution in [3.8, 4) is 45.4 Å². The number of phenolic OH excluding ortho intramolecular Hbond substituents is 1. The van der Waals surface area contributed by atoms with Gasteiger partial charge in [0.15, 0.2) is 5.82 Å². The summed E-state index contributed by atoms with van der Waals surface area (Å²) in [5.41, 5.74) is 7.52. The first-order valence-electron chi connectivity index (χ1n) is 18.4. The zero-order valence-electron chi connectivity index (χ0n) is 29.3. The minimum absolute atomic E-state index is 0.155. The van der Waals surface area contributed by atoms with E-state index in [-0.39, 0.29) is 11.2 Å². The van der Waals surface area contributed by atoms with Crippen LogP contribution in [0.25, 0.3) is 55.3 Å². The SMILES string of the molecule is CCCCCCCCCCCCOc1cc(-c2cc3c(c4ccccc24)-c2c(ccc4ccccc24)C3(C)C)nc(-c2ccccc2O)n1. The van der Waals surface area contributed by atoms with Gasteiger partial charge in [-0.2, -0.15) is 4.98 Å². The van der Waals surface area contributed by atoms with E-state index in [0.29, 0.717) is 23.9 Å².